The molecule has 0 bridgehead atoms. The van der Waals surface area contributed by atoms with Gasteiger partial charge in [-0.15, -0.1) is 0 Å². The Morgan fingerprint density at radius 2 is 2.18 bits per heavy atom. The van der Waals surface area contributed by atoms with Crippen molar-refractivity contribution in [3.63, 3.8) is 0 Å². The molecule has 1 aliphatic rings. The molecule has 1 aromatic rings. The molecule has 0 spiro atoms. The lowest BCUT2D eigenvalue weighted by Gasteiger charge is -2.06. The molecule has 1 aliphatic heterocycles. The molecule has 4 heteroatoms. The van der Waals surface area contributed by atoms with Gasteiger partial charge in [0.1, 0.15) is 11.9 Å². The van der Waals surface area contributed by atoms with Crippen LogP contribution < -0.4 is 0 Å². The third kappa shape index (κ3) is 3.67. The Morgan fingerprint density at radius 3 is 2.82 bits per heavy atom. The lowest BCUT2D eigenvalue weighted by Crippen LogP contribution is -2.16. The van der Waals surface area contributed by atoms with Crippen LogP contribution in [-0.4, -0.2) is 25.3 Å². The summed E-state index contributed by atoms with van der Waals surface area (Å²) in [6.07, 6.45) is 3.54. The van der Waals surface area contributed by atoms with E-state index in [2.05, 4.69) is 0 Å². The molecule has 1 unspecified atom stereocenters. The first-order chi connectivity index (χ1) is 8.24. The Labute approximate surface area is 98.8 Å². The molecule has 90 valence electrons. The molecule has 0 N–H and O–H groups in total. The predicted octanol–water partition coefficient (Wildman–Crippen LogP) is 2.17. The van der Waals surface area contributed by atoms with Crippen LogP contribution in [0.15, 0.2) is 30.3 Å². The van der Waals surface area contributed by atoms with Crippen molar-refractivity contribution in [1.82, 2.24) is 0 Å². The van der Waals surface area contributed by atoms with E-state index in [4.69, 9.17) is 9.47 Å². The van der Waals surface area contributed by atoms with Crippen molar-refractivity contribution < 1.29 is 18.7 Å². The third-order valence-electron chi connectivity index (χ3n) is 2.45. The summed E-state index contributed by atoms with van der Waals surface area (Å²) in [4.78, 5) is 11.4. The zero-order valence-electron chi connectivity index (χ0n) is 9.27. The SMILES string of the molecule is O=C(/C=C/c1ccc(F)cc1)OC1CCOC1. The first-order valence-corrected chi connectivity index (χ1v) is 5.46. The number of hydrogen-bond donors (Lipinski definition) is 0. The summed E-state index contributed by atoms with van der Waals surface area (Å²) in [7, 11) is 0. The van der Waals surface area contributed by atoms with Gasteiger partial charge in [-0.3, -0.25) is 0 Å². The van der Waals surface area contributed by atoms with Crippen molar-refractivity contribution in [3.05, 3.63) is 41.7 Å². The molecule has 1 saturated heterocycles. The van der Waals surface area contributed by atoms with Gasteiger partial charge in [0.15, 0.2) is 0 Å². The van der Waals surface area contributed by atoms with Crippen LogP contribution in [0.1, 0.15) is 12.0 Å². The van der Waals surface area contributed by atoms with E-state index in [0.717, 1.165) is 12.0 Å². The molecule has 0 saturated carbocycles. The largest absolute Gasteiger partial charge is 0.457 e. The highest BCUT2D eigenvalue weighted by Gasteiger charge is 2.18. The monoisotopic (exact) mass is 236 g/mol. The molecule has 0 aromatic heterocycles. The summed E-state index contributed by atoms with van der Waals surface area (Å²) in [5.74, 6) is -0.697. The van der Waals surface area contributed by atoms with Gasteiger partial charge in [0, 0.05) is 12.5 Å². The van der Waals surface area contributed by atoms with Crippen LogP contribution in [0.2, 0.25) is 0 Å². The van der Waals surface area contributed by atoms with Crippen LogP contribution in [0.3, 0.4) is 0 Å². The fraction of sp³-hybridized carbons (Fsp3) is 0.308. The highest BCUT2D eigenvalue weighted by atomic mass is 19.1. The number of benzene rings is 1. The molecule has 0 amide bonds. The van der Waals surface area contributed by atoms with Crippen molar-refractivity contribution in [2.75, 3.05) is 13.2 Å². The van der Waals surface area contributed by atoms with E-state index < -0.39 is 5.97 Å². The highest BCUT2D eigenvalue weighted by Crippen LogP contribution is 2.09. The van der Waals surface area contributed by atoms with Crippen LogP contribution in [-0.2, 0) is 14.3 Å². The second kappa shape index (κ2) is 5.59. The van der Waals surface area contributed by atoms with Crippen molar-refractivity contribution in [2.45, 2.75) is 12.5 Å². The highest BCUT2D eigenvalue weighted by molar-refractivity contribution is 5.87. The summed E-state index contributed by atoms with van der Waals surface area (Å²) >= 11 is 0. The zero-order valence-corrected chi connectivity index (χ0v) is 9.27. The van der Waals surface area contributed by atoms with Crippen molar-refractivity contribution in [1.29, 1.82) is 0 Å². The van der Waals surface area contributed by atoms with E-state index in [-0.39, 0.29) is 11.9 Å². The van der Waals surface area contributed by atoms with E-state index in [9.17, 15) is 9.18 Å². The minimum absolute atomic E-state index is 0.139. The summed E-state index contributed by atoms with van der Waals surface area (Å²) in [6, 6.07) is 5.88. The first-order valence-electron chi connectivity index (χ1n) is 5.46. The maximum atomic E-state index is 12.6. The molecule has 17 heavy (non-hydrogen) atoms. The number of rotatable bonds is 3. The molecule has 1 heterocycles. The topological polar surface area (TPSA) is 35.5 Å². The summed E-state index contributed by atoms with van der Waals surface area (Å²) in [5, 5.41) is 0. The third-order valence-corrected chi connectivity index (χ3v) is 2.45. The minimum atomic E-state index is -0.398. The van der Waals surface area contributed by atoms with E-state index >= 15 is 0 Å². The first kappa shape index (κ1) is 11.8. The predicted molar refractivity (Wildman–Crippen MR) is 60.8 cm³/mol. The standard InChI is InChI=1S/C13H13FO3/c14-11-4-1-10(2-5-11)3-6-13(15)17-12-7-8-16-9-12/h1-6,12H,7-9H2/b6-3+. The molecule has 1 atom stereocenters. The average molecular weight is 236 g/mol. The molecule has 1 fully saturated rings. The summed E-state index contributed by atoms with van der Waals surface area (Å²) < 4.78 is 22.8. The Bertz CT molecular complexity index is 405. The van der Waals surface area contributed by atoms with Gasteiger partial charge >= 0.3 is 5.97 Å². The van der Waals surface area contributed by atoms with Crippen LogP contribution >= 0.6 is 0 Å². The maximum Gasteiger partial charge on any atom is 0.331 e. The second-order valence-electron chi connectivity index (χ2n) is 3.81. The molecule has 1 aromatic carbocycles. The molecular formula is C13H13FO3. The average Bonchev–Trinajstić information content (AvgIpc) is 2.81. The normalized spacial score (nSPS) is 19.7. The van der Waals surface area contributed by atoms with Crippen LogP contribution in [0.25, 0.3) is 6.08 Å². The van der Waals surface area contributed by atoms with Gasteiger partial charge in [-0.2, -0.15) is 0 Å². The van der Waals surface area contributed by atoms with Crippen molar-refractivity contribution >= 4 is 12.0 Å². The van der Waals surface area contributed by atoms with E-state index in [1.807, 2.05) is 0 Å². The van der Waals surface area contributed by atoms with Gasteiger partial charge in [-0.1, -0.05) is 12.1 Å². The quantitative estimate of drug-likeness (QED) is 0.596. The Hall–Kier alpha value is -1.68. The number of esters is 1. The Balaban J connectivity index is 1.86. The van der Waals surface area contributed by atoms with Gasteiger partial charge < -0.3 is 9.47 Å². The molecule has 0 aliphatic carbocycles. The molecule has 2 rings (SSSR count). The lowest BCUT2D eigenvalue weighted by molar-refractivity contribution is -0.142. The van der Waals surface area contributed by atoms with Crippen molar-refractivity contribution in [3.8, 4) is 0 Å². The number of ether oxygens (including phenoxy) is 2. The van der Waals surface area contributed by atoms with E-state index in [1.165, 1.54) is 18.2 Å². The van der Waals surface area contributed by atoms with Crippen LogP contribution in [0.4, 0.5) is 4.39 Å². The number of carbonyl (C=O) groups is 1. The lowest BCUT2D eigenvalue weighted by atomic mass is 10.2. The fourth-order valence-electron chi connectivity index (χ4n) is 1.55. The number of carbonyl (C=O) groups excluding carboxylic acids is 1. The van der Waals surface area contributed by atoms with E-state index in [0.29, 0.717) is 13.2 Å². The van der Waals surface area contributed by atoms with Gasteiger partial charge in [-0.05, 0) is 23.8 Å². The van der Waals surface area contributed by atoms with Gasteiger partial charge in [0.05, 0.1) is 13.2 Å². The molecule has 0 radical (unpaired) electrons. The smallest absolute Gasteiger partial charge is 0.331 e. The van der Waals surface area contributed by atoms with Crippen LogP contribution in [0.5, 0.6) is 0 Å². The maximum absolute atomic E-state index is 12.6. The summed E-state index contributed by atoms with van der Waals surface area (Å²) in [5.41, 5.74) is 0.756. The van der Waals surface area contributed by atoms with Crippen LogP contribution in [0, 0.1) is 5.82 Å². The van der Waals surface area contributed by atoms with Crippen molar-refractivity contribution in [2.24, 2.45) is 0 Å². The molecule has 3 nitrogen and oxygen atoms in total. The molecular weight excluding hydrogens is 223 g/mol. The Kier molecular flexibility index (Phi) is 3.88. The van der Waals surface area contributed by atoms with E-state index in [1.54, 1.807) is 18.2 Å². The number of halogens is 1. The second-order valence-corrected chi connectivity index (χ2v) is 3.81. The van der Waals surface area contributed by atoms with Gasteiger partial charge in [0.2, 0.25) is 0 Å². The Morgan fingerprint density at radius 1 is 1.41 bits per heavy atom. The minimum Gasteiger partial charge on any atom is -0.457 e. The van der Waals surface area contributed by atoms with Gasteiger partial charge in [0.25, 0.3) is 0 Å². The van der Waals surface area contributed by atoms with Gasteiger partial charge in [-0.25, -0.2) is 9.18 Å². The number of hydrogen-bond acceptors (Lipinski definition) is 3. The zero-order chi connectivity index (χ0) is 12.1. The summed E-state index contributed by atoms with van der Waals surface area (Å²) in [6.45, 7) is 1.11. The fourth-order valence-corrected chi connectivity index (χ4v) is 1.55.